The second-order valence-corrected chi connectivity index (χ2v) is 5.17. The van der Waals surface area contributed by atoms with Gasteiger partial charge in [0.2, 0.25) is 0 Å². The van der Waals surface area contributed by atoms with Crippen molar-refractivity contribution in [1.29, 1.82) is 5.26 Å². The fourth-order valence-corrected chi connectivity index (χ4v) is 2.10. The molecule has 24 heavy (non-hydrogen) atoms. The number of carbonyl (C=O) groups excluding carboxylic acids is 1. The van der Waals surface area contributed by atoms with Crippen molar-refractivity contribution in [3.05, 3.63) is 59.6 Å². The molecule has 124 valence electrons. The third-order valence-corrected chi connectivity index (χ3v) is 3.45. The summed E-state index contributed by atoms with van der Waals surface area (Å²) in [6.45, 7) is 0.843. The van der Waals surface area contributed by atoms with E-state index in [0.29, 0.717) is 12.3 Å². The molecule has 0 unspecified atom stereocenters. The summed E-state index contributed by atoms with van der Waals surface area (Å²) in [6, 6.07) is 12.8. The van der Waals surface area contributed by atoms with Gasteiger partial charge in [0.15, 0.2) is 0 Å². The number of aliphatic hydroxyl groups excluding tert-OH is 1. The van der Waals surface area contributed by atoms with Crippen LogP contribution in [0.4, 0.5) is 5.69 Å². The predicted octanol–water partition coefficient (Wildman–Crippen LogP) is 1.93. The van der Waals surface area contributed by atoms with Gasteiger partial charge in [0.05, 0.1) is 19.4 Å². The number of anilines is 1. The Balaban J connectivity index is 2.03. The summed E-state index contributed by atoms with van der Waals surface area (Å²) in [5.74, 6) is 0.173. The maximum absolute atomic E-state index is 12.1. The number of nitriles is 1. The monoisotopic (exact) mass is 325 g/mol. The summed E-state index contributed by atoms with van der Waals surface area (Å²) in [4.78, 5) is 14.0. The lowest BCUT2D eigenvalue weighted by molar-refractivity contribution is -0.117. The second kappa shape index (κ2) is 8.56. The van der Waals surface area contributed by atoms with E-state index >= 15 is 0 Å². The van der Waals surface area contributed by atoms with Crippen molar-refractivity contribution in [3.8, 4) is 6.07 Å². The summed E-state index contributed by atoms with van der Waals surface area (Å²) in [6.07, 6.45) is 3.06. The van der Waals surface area contributed by atoms with E-state index in [-0.39, 0.29) is 18.7 Å². The van der Waals surface area contributed by atoms with Crippen LogP contribution >= 0.6 is 0 Å². The molecule has 1 heterocycles. The molecule has 0 aliphatic carbocycles. The highest BCUT2D eigenvalue weighted by Gasteiger charge is 2.09. The van der Waals surface area contributed by atoms with Crippen molar-refractivity contribution >= 4 is 17.7 Å². The number of hydrogen-bond acceptors (Lipinski definition) is 5. The Bertz CT molecular complexity index is 728. The van der Waals surface area contributed by atoms with Crippen LogP contribution in [0.1, 0.15) is 11.3 Å². The van der Waals surface area contributed by atoms with Crippen LogP contribution in [0.5, 0.6) is 0 Å². The van der Waals surface area contributed by atoms with Crippen molar-refractivity contribution < 1.29 is 14.3 Å². The van der Waals surface area contributed by atoms with Gasteiger partial charge in [-0.1, -0.05) is 12.1 Å². The van der Waals surface area contributed by atoms with E-state index in [1.807, 2.05) is 42.3 Å². The third kappa shape index (κ3) is 4.73. The Morgan fingerprint density at radius 1 is 1.38 bits per heavy atom. The largest absolute Gasteiger partial charge is 0.467 e. The zero-order valence-corrected chi connectivity index (χ0v) is 13.4. The number of nitrogens with one attached hydrogen (secondary N) is 1. The van der Waals surface area contributed by atoms with Crippen molar-refractivity contribution in [1.82, 2.24) is 5.32 Å². The lowest BCUT2D eigenvalue weighted by Crippen LogP contribution is -2.23. The first-order valence-corrected chi connectivity index (χ1v) is 7.48. The third-order valence-electron chi connectivity index (χ3n) is 3.45. The number of carbonyl (C=O) groups is 1. The normalized spacial score (nSPS) is 11.0. The van der Waals surface area contributed by atoms with E-state index < -0.39 is 5.91 Å². The van der Waals surface area contributed by atoms with Gasteiger partial charge in [-0.05, 0) is 35.9 Å². The van der Waals surface area contributed by atoms with E-state index in [9.17, 15) is 10.1 Å². The molecule has 0 aliphatic rings. The van der Waals surface area contributed by atoms with Gasteiger partial charge in [-0.2, -0.15) is 5.26 Å². The van der Waals surface area contributed by atoms with Crippen LogP contribution in [0, 0.1) is 11.3 Å². The van der Waals surface area contributed by atoms with Gasteiger partial charge in [0.25, 0.3) is 5.91 Å². The molecule has 0 saturated carbocycles. The number of benzene rings is 1. The van der Waals surface area contributed by atoms with Crippen LogP contribution in [0.25, 0.3) is 6.08 Å². The molecule has 2 rings (SSSR count). The maximum atomic E-state index is 12.1. The minimum Gasteiger partial charge on any atom is -0.467 e. The van der Waals surface area contributed by atoms with Gasteiger partial charge in [0, 0.05) is 19.3 Å². The first-order valence-electron chi connectivity index (χ1n) is 7.48. The SMILES string of the molecule is CN(CCO)c1ccc(/C=C(\C#N)C(=O)NCc2ccco2)cc1. The van der Waals surface area contributed by atoms with Gasteiger partial charge in [-0.3, -0.25) is 4.79 Å². The number of likely N-dealkylation sites (N-methyl/N-ethyl adjacent to an activating group) is 1. The molecule has 2 N–H and O–H groups in total. The molecular formula is C18H19N3O3. The highest BCUT2D eigenvalue weighted by Crippen LogP contribution is 2.15. The smallest absolute Gasteiger partial charge is 0.262 e. The van der Waals surface area contributed by atoms with Gasteiger partial charge in [0.1, 0.15) is 17.4 Å². The van der Waals surface area contributed by atoms with Crippen molar-refractivity contribution in [2.45, 2.75) is 6.54 Å². The van der Waals surface area contributed by atoms with Crippen LogP contribution in [0.3, 0.4) is 0 Å². The Kier molecular flexibility index (Phi) is 6.17. The van der Waals surface area contributed by atoms with E-state index in [1.54, 1.807) is 12.1 Å². The molecule has 2 aromatic rings. The summed E-state index contributed by atoms with van der Waals surface area (Å²) in [5.41, 5.74) is 1.72. The molecule has 0 atom stereocenters. The van der Waals surface area contributed by atoms with Gasteiger partial charge in [-0.25, -0.2) is 0 Å². The highest BCUT2D eigenvalue weighted by atomic mass is 16.3. The fourth-order valence-electron chi connectivity index (χ4n) is 2.10. The highest BCUT2D eigenvalue weighted by molar-refractivity contribution is 6.01. The number of amides is 1. The zero-order valence-electron chi connectivity index (χ0n) is 13.4. The predicted molar refractivity (Wildman–Crippen MR) is 90.9 cm³/mol. The van der Waals surface area contributed by atoms with E-state index in [0.717, 1.165) is 11.3 Å². The Hall–Kier alpha value is -3.04. The minimum absolute atomic E-state index is 0.0259. The van der Waals surface area contributed by atoms with Crippen molar-refractivity contribution in [2.75, 3.05) is 25.1 Å². The zero-order chi connectivity index (χ0) is 17.4. The number of hydrogen-bond donors (Lipinski definition) is 2. The fraction of sp³-hybridized carbons (Fsp3) is 0.222. The quantitative estimate of drug-likeness (QED) is 0.600. The molecule has 6 nitrogen and oxygen atoms in total. The number of furan rings is 1. The molecular weight excluding hydrogens is 306 g/mol. The Morgan fingerprint density at radius 2 is 2.12 bits per heavy atom. The first-order chi connectivity index (χ1) is 11.6. The molecule has 1 amide bonds. The van der Waals surface area contributed by atoms with Gasteiger partial charge in [-0.15, -0.1) is 0 Å². The second-order valence-electron chi connectivity index (χ2n) is 5.17. The van der Waals surface area contributed by atoms with E-state index in [2.05, 4.69) is 5.32 Å². The lowest BCUT2D eigenvalue weighted by Gasteiger charge is -2.17. The van der Waals surface area contributed by atoms with Crippen molar-refractivity contribution in [3.63, 3.8) is 0 Å². The average Bonchev–Trinajstić information content (AvgIpc) is 3.12. The van der Waals surface area contributed by atoms with Crippen LogP contribution in [0.15, 0.2) is 52.7 Å². The minimum atomic E-state index is -0.449. The number of aliphatic hydroxyl groups is 1. The standard InChI is InChI=1S/C18H19N3O3/c1-21(8-9-22)16-6-4-14(5-7-16)11-15(12-19)18(23)20-13-17-3-2-10-24-17/h2-7,10-11,22H,8-9,13H2,1H3,(H,20,23)/b15-11+. The van der Waals surface area contributed by atoms with Crippen LogP contribution in [-0.4, -0.2) is 31.2 Å². The first kappa shape index (κ1) is 17.3. The summed E-state index contributed by atoms with van der Waals surface area (Å²) in [7, 11) is 1.88. The topological polar surface area (TPSA) is 89.5 Å². The lowest BCUT2D eigenvalue weighted by atomic mass is 10.1. The Morgan fingerprint density at radius 3 is 2.71 bits per heavy atom. The number of rotatable bonds is 7. The molecule has 6 heteroatoms. The number of nitrogens with zero attached hydrogens (tertiary/aromatic N) is 2. The van der Waals surface area contributed by atoms with Crippen LogP contribution in [0.2, 0.25) is 0 Å². The maximum Gasteiger partial charge on any atom is 0.262 e. The molecule has 1 aromatic carbocycles. The molecule has 0 spiro atoms. The summed E-state index contributed by atoms with van der Waals surface area (Å²) in [5, 5.41) is 20.8. The molecule has 0 aliphatic heterocycles. The van der Waals surface area contributed by atoms with Crippen LogP contribution in [-0.2, 0) is 11.3 Å². The van der Waals surface area contributed by atoms with E-state index in [4.69, 9.17) is 9.52 Å². The summed E-state index contributed by atoms with van der Waals surface area (Å²) >= 11 is 0. The van der Waals surface area contributed by atoms with Gasteiger partial charge < -0.3 is 19.7 Å². The van der Waals surface area contributed by atoms with E-state index in [1.165, 1.54) is 12.3 Å². The molecule has 0 bridgehead atoms. The van der Waals surface area contributed by atoms with Crippen LogP contribution < -0.4 is 10.2 Å². The molecule has 1 aromatic heterocycles. The molecule has 0 fully saturated rings. The molecule has 0 saturated heterocycles. The summed E-state index contributed by atoms with van der Waals surface area (Å²) < 4.78 is 5.13. The van der Waals surface area contributed by atoms with Gasteiger partial charge >= 0.3 is 0 Å². The van der Waals surface area contributed by atoms with Crippen molar-refractivity contribution in [2.24, 2.45) is 0 Å². The Labute approximate surface area is 140 Å². The molecule has 0 radical (unpaired) electrons. The average molecular weight is 325 g/mol.